The van der Waals surface area contributed by atoms with Crippen molar-refractivity contribution >= 4 is 35.0 Å². The number of anilines is 1. The van der Waals surface area contributed by atoms with Crippen LogP contribution in [0.1, 0.15) is 32.8 Å². The van der Waals surface area contributed by atoms with Crippen molar-refractivity contribution in [2.45, 2.75) is 44.8 Å². The molecular weight excluding hydrogens is 342 g/mol. The monoisotopic (exact) mass is 362 g/mol. The Kier molecular flexibility index (Phi) is 3.50. The lowest BCUT2D eigenvalue weighted by Crippen LogP contribution is -2.98. The Bertz CT molecular complexity index is 811. The van der Waals surface area contributed by atoms with Crippen molar-refractivity contribution in [3.8, 4) is 0 Å². The predicted octanol–water partition coefficient (Wildman–Crippen LogP) is 0.853. The standard InChI is InChI=1S/C18H20ClN3O3/c1-4-8(2)22-15(23)13-9(3)21-18(14(13)16(22)24)11-7-10(19)5-6-12(11)20-17(18)25/h5-9,13-14,21H,4H2,1-3H3,(H,20,25)/p+1/t8-,9+,13+,14-,18+/m0/s1. The minimum absolute atomic E-state index is 0.159. The van der Waals surface area contributed by atoms with E-state index in [1.807, 2.05) is 26.1 Å². The van der Waals surface area contributed by atoms with E-state index in [1.54, 1.807) is 18.2 Å². The largest absolute Gasteiger partial charge is 0.326 e. The van der Waals surface area contributed by atoms with Crippen LogP contribution in [0.5, 0.6) is 0 Å². The van der Waals surface area contributed by atoms with Gasteiger partial charge in [0.05, 0.1) is 11.7 Å². The second-order valence-electron chi connectivity index (χ2n) is 7.35. The zero-order chi connectivity index (χ0) is 18.1. The number of nitrogens with two attached hydrogens (primary N) is 1. The molecule has 1 aromatic rings. The van der Waals surface area contributed by atoms with Gasteiger partial charge in [-0.05, 0) is 38.5 Å². The number of imide groups is 1. The first kappa shape index (κ1) is 16.5. The van der Waals surface area contributed by atoms with Gasteiger partial charge in [0, 0.05) is 16.6 Å². The second-order valence-corrected chi connectivity index (χ2v) is 7.78. The number of benzene rings is 1. The van der Waals surface area contributed by atoms with Crippen LogP contribution in [0.15, 0.2) is 18.2 Å². The summed E-state index contributed by atoms with van der Waals surface area (Å²) in [4.78, 5) is 40.5. The molecule has 1 aromatic carbocycles. The van der Waals surface area contributed by atoms with Gasteiger partial charge in [0.25, 0.3) is 5.91 Å². The fourth-order valence-electron chi connectivity index (χ4n) is 4.75. The van der Waals surface area contributed by atoms with Crippen LogP contribution in [0.2, 0.25) is 5.02 Å². The molecule has 0 aromatic heterocycles. The molecule has 0 unspecified atom stereocenters. The molecule has 132 valence electrons. The number of nitrogens with zero attached hydrogens (tertiary/aromatic N) is 1. The molecule has 0 aliphatic carbocycles. The van der Waals surface area contributed by atoms with E-state index < -0.39 is 17.4 Å². The van der Waals surface area contributed by atoms with Gasteiger partial charge in [0.1, 0.15) is 11.8 Å². The average Bonchev–Trinajstić information content (AvgIpc) is 3.12. The number of halogens is 1. The first-order valence-corrected chi connectivity index (χ1v) is 9.05. The molecule has 3 amide bonds. The third-order valence-corrected chi connectivity index (χ3v) is 6.29. The molecule has 0 radical (unpaired) electrons. The SMILES string of the molecule is CC[C@H](C)N1C(=O)[C@H]2[C@@H](C1=O)[C@@]1([NH2+][C@@H]2C)C(=O)Nc2ccc(Cl)cc21. The van der Waals surface area contributed by atoms with Crippen LogP contribution in [0.3, 0.4) is 0 Å². The highest BCUT2D eigenvalue weighted by Gasteiger charge is 2.73. The number of carbonyl (C=O) groups excluding carboxylic acids is 3. The van der Waals surface area contributed by atoms with Crippen LogP contribution in [-0.4, -0.2) is 34.7 Å². The van der Waals surface area contributed by atoms with Gasteiger partial charge in [-0.1, -0.05) is 18.5 Å². The Morgan fingerprint density at radius 3 is 2.72 bits per heavy atom. The number of fused-ring (bicyclic) bond motifs is 4. The van der Waals surface area contributed by atoms with Crippen molar-refractivity contribution in [1.29, 1.82) is 0 Å². The summed E-state index contributed by atoms with van der Waals surface area (Å²) in [6.07, 6.45) is 0.691. The first-order chi connectivity index (χ1) is 11.8. The van der Waals surface area contributed by atoms with E-state index in [-0.39, 0.29) is 29.8 Å². The molecule has 7 heteroatoms. The lowest BCUT2D eigenvalue weighted by molar-refractivity contribution is -0.730. The summed E-state index contributed by atoms with van der Waals surface area (Å²) < 4.78 is 0. The van der Waals surface area contributed by atoms with Gasteiger partial charge in [-0.2, -0.15) is 0 Å². The Hall–Kier alpha value is -1.92. The molecule has 2 fully saturated rings. The topological polar surface area (TPSA) is 83.1 Å². The van der Waals surface area contributed by atoms with Crippen LogP contribution in [0.4, 0.5) is 5.69 Å². The maximum Gasteiger partial charge on any atom is 0.291 e. The van der Waals surface area contributed by atoms with Gasteiger partial charge in [0.2, 0.25) is 17.4 Å². The predicted molar refractivity (Wildman–Crippen MR) is 91.7 cm³/mol. The van der Waals surface area contributed by atoms with Crippen molar-refractivity contribution in [3.63, 3.8) is 0 Å². The third kappa shape index (κ3) is 1.92. The molecule has 3 aliphatic rings. The zero-order valence-corrected chi connectivity index (χ0v) is 15.1. The summed E-state index contributed by atoms with van der Waals surface area (Å²) in [6, 6.07) is 4.88. The molecule has 1 spiro atoms. The van der Waals surface area contributed by atoms with Crippen LogP contribution in [-0.2, 0) is 19.9 Å². The van der Waals surface area contributed by atoms with Crippen molar-refractivity contribution in [2.24, 2.45) is 11.8 Å². The molecule has 0 saturated carbocycles. The fraction of sp³-hybridized carbons (Fsp3) is 0.500. The number of quaternary nitrogens is 1. The number of hydrogen-bond donors (Lipinski definition) is 2. The minimum Gasteiger partial charge on any atom is -0.326 e. The van der Waals surface area contributed by atoms with Gasteiger partial charge in [0.15, 0.2) is 0 Å². The first-order valence-electron chi connectivity index (χ1n) is 8.67. The van der Waals surface area contributed by atoms with Crippen LogP contribution in [0.25, 0.3) is 0 Å². The number of nitrogens with one attached hydrogen (secondary N) is 1. The van der Waals surface area contributed by atoms with Crippen LogP contribution >= 0.6 is 11.6 Å². The van der Waals surface area contributed by atoms with Crippen LogP contribution in [0, 0.1) is 11.8 Å². The average molecular weight is 363 g/mol. The second kappa shape index (κ2) is 5.29. The van der Waals surface area contributed by atoms with Gasteiger partial charge >= 0.3 is 0 Å². The molecule has 3 heterocycles. The number of amides is 3. The quantitative estimate of drug-likeness (QED) is 0.765. The molecule has 3 N–H and O–H groups in total. The third-order valence-electron chi connectivity index (χ3n) is 6.05. The van der Waals surface area contributed by atoms with E-state index in [1.165, 1.54) is 4.90 Å². The summed E-state index contributed by atoms with van der Waals surface area (Å²) in [5.74, 6) is -1.82. The van der Waals surface area contributed by atoms with Crippen molar-refractivity contribution in [3.05, 3.63) is 28.8 Å². The maximum atomic E-state index is 13.2. The fourth-order valence-corrected chi connectivity index (χ4v) is 4.92. The van der Waals surface area contributed by atoms with E-state index in [9.17, 15) is 14.4 Å². The van der Waals surface area contributed by atoms with Crippen molar-refractivity contribution in [1.82, 2.24) is 4.90 Å². The van der Waals surface area contributed by atoms with Gasteiger partial charge < -0.3 is 10.6 Å². The van der Waals surface area contributed by atoms with Crippen molar-refractivity contribution in [2.75, 3.05) is 5.32 Å². The smallest absolute Gasteiger partial charge is 0.291 e. The van der Waals surface area contributed by atoms with E-state index in [0.717, 1.165) is 0 Å². The zero-order valence-electron chi connectivity index (χ0n) is 14.4. The Balaban J connectivity index is 1.89. The summed E-state index contributed by atoms with van der Waals surface area (Å²) in [5.41, 5.74) is 0.261. The molecule has 4 rings (SSSR count). The summed E-state index contributed by atoms with van der Waals surface area (Å²) in [7, 11) is 0. The van der Waals surface area contributed by atoms with Gasteiger partial charge in [-0.25, -0.2) is 0 Å². The van der Waals surface area contributed by atoms with Gasteiger partial charge in [-0.15, -0.1) is 0 Å². The summed E-state index contributed by atoms with van der Waals surface area (Å²) >= 11 is 6.16. The van der Waals surface area contributed by atoms with E-state index >= 15 is 0 Å². The Morgan fingerprint density at radius 2 is 2.04 bits per heavy atom. The molecular formula is C18H21ClN3O3+. The Labute approximate surface area is 150 Å². The summed E-state index contributed by atoms with van der Waals surface area (Å²) in [6.45, 7) is 5.73. The minimum atomic E-state index is -1.11. The number of likely N-dealkylation sites (tertiary alicyclic amines) is 1. The highest BCUT2D eigenvalue weighted by Crippen LogP contribution is 2.49. The van der Waals surface area contributed by atoms with E-state index in [2.05, 4.69) is 5.32 Å². The molecule has 25 heavy (non-hydrogen) atoms. The molecule has 2 saturated heterocycles. The van der Waals surface area contributed by atoms with Crippen molar-refractivity contribution < 1.29 is 19.7 Å². The molecule has 0 bridgehead atoms. The highest BCUT2D eigenvalue weighted by atomic mass is 35.5. The van der Waals surface area contributed by atoms with Crippen LogP contribution < -0.4 is 10.6 Å². The number of rotatable bonds is 2. The normalized spacial score (nSPS) is 34.5. The molecule has 6 nitrogen and oxygen atoms in total. The lowest BCUT2D eigenvalue weighted by atomic mass is 9.76. The lowest BCUT2D eigenvalue weighted by Gasteiger charge is -2.28. The number of hydrogen-bond acceptors (Lipinski definition) is 3. The van der Waals surface area contributed by atoms with Gasteiger partial charge in [-0.3, -0.25) is 19.3 Å². The number of carbonyl (C=O) groups is 3. The maximum absolute atomic E-state index is 13.2. The van der Waals surface area contributed by atoms with E-state index in [0.29, 0.717) is 22.7 Å². The Morgan fingerprint density at radius 1 is 1.32 bits per heavy atom. The molecule has 3 aliphatic heterocycles. The summed E-state index contributed by atoms with van der Waals surface area (Å²) in [5, 5.41) is 5.26. The van der Waals surface area contributed by atoms with E-state index in [4.69, 9.17) is 11.6 Å². The molecule has 5 atom stereocenters. The highest BCUT2D eigenvalue weighted by molar-refractivity contribution is 6.31.